The van der Waals surface area contributed by atoms with E-state index < -0.39 is 0 Å². The van der Waals surface area contributed by atoms with Gasteiger partial charge in [-0.05, 0) is 19.3 Å². The molecular formula is C17H34IN7O. The maximum absolute atomic E-state index is 5.13. The van der Waals surface area contributed by atoms with Crippen LogP contribution in [0, 0.1) is 0 Å². The van der Waals surface area contributed by atoms with E-state index in [1.807, 2.05) is 7.05 Å². The first-order valence-corrected chi connectivity index (χ1v) is 9.32. The number of hydrogen-bond donors (Lipinski definition) is 2. The molecule has 1 aromatic rings. The van der Waals surface area contributed by atoms with Crippen LogP contribution in [0.25, 0.3) is 0 Å². The maximum atomic E-state index is 5.13. The fraction of sp³-hybridized carbons (Fsp3) is 0.824. The van der Waals surface area contributed by atoms with Gasteiger partial charge in [-0.1, -0.05) is 6.92 Å². The highest BCUT2D eigenvalue weighted by Crippen LogP contribution is 2.10. The van der Waals surface area contributed by atoms with Crippen LogP contribution in [0.5, 0.6) is 0 Å². The van der Waals surface area contributed by atoms with Crippen LogP contribution in [0.15, 0.2) is 11.3 Å². The lowest BCUT2D eigenvalue weighted by atomic mass is 10.1. The molecule has 0 unspecified atom stereocenters. The third-order valence-electron chi connectivity index (χ3n) is 4.63. The zero-order chi connectivity index (χ0) is 17.9. The van der Waals surface area contributed by atoms with Gasteiger partial charge in [0.1, 0.15) is 12.2 Å². The number of aliphatic imine (C=N–C) groups is 1. The summed E-state index contributed by atoms with van der Waals surface area (Å²) in [6.07, 6.45) is 6.10. The number of hydrogen-bond acceptors (Lipinski definition) is 5. The molecule has 26 heavy (non-hydrogen) atoms. The van der Waals surface area contributed by atoms with Crippen molar-refractivity contribution >= 4 is 29.9 Å². The maximum Gasteiger partial charge on any atom is 0.191 e. The van der Waals surface area contributed by atoms with Crippen LogP contribution in [0.3, 0.4) is 0 Å². The van der Waals surface area contributed by atoms with E-state index in [0.717, 1.165) is 76.8 Å². The number of piperidine rings is 1. The molecule has 1 fully saturated rings. The van der Waals surface area contributed by atoms with Gasteiger partial charge in [-0.3, -0.25) is 4.99 Å². The summed E-state index contributed by atoms with van der Waals surface area (Å²) in [4.78, 5) is 6.87. The standard InChI is InChI=1S/C17H33N7O.HI/c1-4-16-22-20-14-24(16)12-8-19-17(18-2)21-15-6-10-23(11-7-15)9-5-13-25-3;/h14-15H,4-13H2,1-3H3,(H2,18,19,21);1H. The zero-order valence-electron chi connectivity index (χ0n) is 16.3. The van der Waals surface area contributed by atoms with Crippen LogP contribution in [0.1, 0.15) is 32.0 Å². The van der Waals surface area contributed by atoms with Crippen LogP contribution in [0.2, 0.25) is 0 Å². The first-order chi connectivity index (χ1) is 12.3. The minimum Gasteiger partial charge on any atom is -0.385 e. The highest BCUT2D eigenvalue weighted by Gasteiger charge is 2.19. The molecule has 0 bridgehead atoms. The molecule has 1 saturated heterocycles. The number of aromatic nitrogens is 3. The summed E-state index contributed by atoms with van der Waals surface area (Å²) >= 11 is 0. The molecule has 2 N–H and O–H groups in total. The van der Waals surface area contributed by atoms with Crippen LogP contribution in [-0.2, 0) is 17.7 Å². The van der Waals surface area contributed by atoms with Crippen LogP contribution in [0.4, 0.5) is 0 Å². The number of methoxy groups -OCH3 is 1. The van der Waals surface area contributed by atoms with Crippen molar-refractivity contribution in [3.05, 3.63) is 12.2 Å². The lowest BCUT2D eigenvalue weighted by Gasteiger charge is -2.33. The largest absolute Gasteiger partial charge is 0.385 e. The number of ether oxygens (including phenoxy) is 1. The fourth-order valence-electron chi connectivity index (χ4n) is 3.16. The lowest BCUT2D eigenvalue weighted by Crippen LogP contribution is -2.49. The van der Waals surface area contributed by atoms with Gasteiger partial charge in [0.2, 0.25) is 0 Å². The highest BCUT2D eigenvalue weighted by atomic mass is 127. The average Bonchev–Trinajstić information content (AvgIpc) is 3.10. The normalized spacial score (nSPS) is 16.3. The van der Waals surface area contributed by atoms with Gasteiger partial charge in [0.15, 0.2) is 5.96 Å². The number of nitrogens with one attached hydrogen (secondary N) is 2. The lowest BCUT2D eigenvalue weighted by molar-refractivity contribution is 0.155. The van der Waals surface area contributed by atoms with E-state index in [1.54, 1.807) is 13.4 Å². The molecule has 0 amide bonds. The minimum absolute atomic E-state index is 0. The van der Waals surface area contributed by atoms with Crippen molar-refractivity contribution in [1.29, 1.82) is 0 Å². The summed E-state index contributed by atoms with van der Waals surface area (Å²) < 4.78 is 7.21. The third kappa shape index (κ3) is 7.75. The van der Waals surface area contributed by atoms with Gasteiger partial charge in [-0.15, -0.1) is 34.2 Å². The molecule has 0 radical (unpaired) electrons. The second-order valence-electron chi connectivity index (χ2n) is 6.40. The van der Waals surface area contributed by atoms with E-state index >= 15 is 0 Å². The molecule has 0 spiro atoms. The van der Waals surface area contributed by atoms with E-state index in [1.165, 1.54) is 0 Å². The third-order valence-corrected chi connectivity index (χ3v) is 4.63. The predicted molar refractivity (Wildman–Crippen MR) is 115 cm³/mol. The Labute approximate surface area is 174 Å². The Kier molecular flexibility index (Phi) is 11.8. The smallest absolute Gasteiger partial charge is 0.191 e. The average molecular weight is 479 g/mol. The van der Waals surface area contributed by atoms with Crippen molar-refractivity contribution < 1.29 is 4.74 Å². The molecule has 8 nitrogen and oxygen atoms in total. The molecule has 2 heterocycles. The summed E-state index contributed by atoms with van der Waals surface area (Å²) in [5.74, 6) is 1.90. The molecule has 0 saturated carbocycles. The Morgan fingerprint density at radius 3 is 2.77 bits per heavy atom. The van der Waals surface area contributed by atoms with E-state index in [-0.39, 0.29) is 24.0 Å². The number of guanidine groups is 1. The second-order valence-corrected chi connectivity index (χ2v) is 6.40. The van der Waals surface area contributed by atoms with Crippen molar-refractivity contribution in [3.8, 4) is 0 Å². The molecule has 2 rings (SSSR count). The van der Waals surface area contributed by atoms with Crippen molar-refractivity contribution in [2.24, 2.45) is 4.99 Å². The number of nitrogens with zero attached hydrogens (tertiary/aromatic N) is 5. The molecule has 1 aliphatic heterocycles. The molecule has 0 aliphatic carbocycles. The monoisotopic (exact) mass is 479 g/mol. The molecule has 0 aromatic carbocycles. The molecule has 9 heteroatoms. The van der Waals surface area contributed by atoms with Gasteiger partial charge in [-0.2, -0.15) is 0 Å². The Morgan fingerprint density at radius 1 is 1.35 bits per heavy atom. The topological polar surface area (TPSA) is 79.6 Å². The van der Waals surface area contributed by atoms with E-state index in [9.17, 15) is 0 Å². The Bertz CT molecular complexity index is 515. The van der Waals surface area contributed by atoms with Crippen molar-refractivity contribution in [2.45, 2.75) is 45.2 Å². The summed E-state index contributed by atoms with van der Waals surface area (Å²) in [5.41, 5.74) is 0. The summed E-state index contributed by atoms with van der Waals surface area (Å²) in [5, 5.41) is 15.0. The number of aryl methyl sites for hydroxylation is 1. The first kappa shape index (κ1) is 23.1. The zero-order valence-corrected chi connectivity index (χ0v) is 18.6. The highest BCUT2D eigenvalue weighted by molar-refractivity contribution is 14.0. The summed E-state index contributed by atoms with van der Waals surface area (Å²) in [6.45, 7) is 8.00. The first-order valence-electron chi connectivity index (χ1n) is 9.32. The van der Waals surface area contributed by atoms with E-state index in [2.05, 4.69) is 42.2 Å². The second kappa shape index (κ2) is 13.3. The predicted octanol–water partition coefficient (Wildman–Crippen LogP) is 1.12. The van der Waals surface area contributed by atoms with Gasteiger partial charge < -0.3 is 24.8 Å². The molecule has 150 valence electrons. The molecule has 1 aromatic heterocycles. The summed E-state index contributed by atoms with van der Waals surface area (Å²) in [6, 6.07) is 0.492. The van der Waals surface area contributed by atoms with Crippen LogP contribution in [-0.4, -0.2) is 78.6 Å². The number of rotatable bonds is 9. The number of likely N-dealkylation sites (tertiary alicyclic amines) is 1. The van der Waals surface area contributed by atoms with Gasteiger partial charge in [-0.25, -0.2) is 0 Å². The van der Waals surface area contributed by atoms with Crippen molar-refractivity contribution in [1.82, 2.24) is 30.3 Å². The van der Waals surface area contributed by atoms with E-state index in [4.69, 9.17) is 4.74 Å². The van der Waals surface area contributed by atoms with Gasteiger partial charge in [0, 0.05) is 66.0 Å². The fourth-order valence-corrected chi connectivity index (χ4v) is 3.16. The van der Waals surface area contributed by atoms with Gasteiger partial charge in [0.05, 0.1) is 0 Å². The van der Waals surface area contributed by atoms with Crippen molar-refractivity contribution in [3.63, 3.8) is 0 Å². The quantitative estimate of drug-likeness (QED) is 0.239. The van der Waals surface area contributed by atoms with Crippen LogP contribution < -0.4 is 10.6 Å². The van der Waals surface area contributed by atoms with Crippen LogP contribution >= 0.6 is 24.0 Å². The Hall–Kier alpha value is -0.940. The Morgan fingerprint density at radius 2 is 2.12 bits per heavy atom. The SMILES string of the molecule is CCc1nncn1CCNC(=NC)NC1CCN(CCCOC)CC1.I. The Balaban J connectivity index is 0.00000338. The molecular weight excluding hydrogens is 445 g/mol. The summed E-state index contributed by atoms with van der Waals surface area (Å²) in [7, 11) is 3.59. The molecule has 0 atom stereocenters. The van der Waals surface area contributed by atoms with Crippen molar-refractivity contribution in [2.75, 3.05) is 46.9 Å². The van der Waals surface area contributed by atoms with Gasteiger partial charge >= 0.3 is 0 Å². The number of halogens is 1. The minimum atomic E-state index is 0. The van der Waals surface area contributed by atoms with E-state index in [0.29, 0.717) is 6.04 Å². The van der Waals surface area contributed by atoms with Gasteiger partial charge in [0.25, 0.3) is 0 Å². The molecule has 1 aliphatic rings.